The van der Waals surface area contributed by atoms with E-state index in [-0.39, 0.29) is 36.3 Å². The molecule has 4 N–H and O–H groups in total. The smallest absolute Gasteiger partial charge is 0.253 e. The number of imidazole rings is 1. The number of anilines is 2. The third-order valence-electron chi connectivity index (χ3n) is 9.39. The van der Waals surface area contributed by atoms with Crippen LogP contribution in [0.5, 0.6) is 0 Å². The first-order valence-electron chi connectivity index (χ1n) is 18.6. The monoisotopic (exact) mass is 720 g/mol. The van der Waals surface area contributed by atoms with Crippen LogP contribution < -0.4 is 16.0 Å². The standard InChI is InChI=1S/C38H56N8O6/c1-5-6-7-31-42-35-29-22-28(8-9-30(29)41-37(39)36(35)43-31)45-15-13-44(14-16-45)24-27(2)25-52-26-38(3,4)23-32(47)40-12-18-50-20-21-51-19-17-46-33(48)10-11-34(46)49/h8-11,22,27H,5-7,12-21,23-26H2,1-4H3,(H2,39,41)(H,40,47)(H,42,43). The van der Waals surface area contributed by atoms with Crippen molar-refractivity contribution in [2.75, 3.05) is 96.1 Å². The minimum Gasteiger partial charge on any atom is -0.382 e. The van der Waals surface area contributed by atoms with E-state index in [0.717, 1.165) is 84.6 Å². The SMILES string of the molecule is CCCCc1nc2c(N)nc3ccc(N4CCN(CC(C)COCC(C)(C)CC(=O)NCCOCCOCCN5C(=O)C=CC5=O)CC4)cc3c2[nH]1. The van der Waals surface area contributed by atoms with Crippen LogP contribution in [-0.4, -0.2) is 128 Å². The minimum atomic E-state index is -0.317. The molecule has 1 fully saturated rings. The Morgan fingerprint density at radius 3 is 2.48 bits per heavy atom. The number of nitrogens with two attached hydrogens (primary N) is 1. The Bertz CT molecular complexity index is 1680. The summed E-state index contributed by atoms with van der Waals surface area (Å²) in [4.78, 5) is 54.5. The van der Waals surface area contributed by atoms with Gasteiger partial charge in [-0.3, -0.25) is 24.2 Å². The number of fused-ring (bicyclic) bond motifs is 3. The third kappa shape index (κ3) is 11.0. The van der Waals surface area contributed by atoms with Crippen molar-refractivity contribution in [3.8, 4) is 0 Å². The van der Waals surface area contributed by atoms with Crippen molar-refractivity contribution >= 4 is 51.2 Å². The van der Waals surface area contributed by atoms with Crippen molar-refractivity contribution in [1.82, 2.24) is 30.1 Å². The normalized spacial score (nSPS) is 16.2. The number of benzene rings is 1. The number of unbranched alkanes of at least 4 members (excludes halogenated alkanes) is 1. The summed E-state index contributed by atoms with van der Waals surface area (Å²) >= 11 is 0. The number of amides is 3. The molecule has 14 heteroatoms. The first kappa shape index (κ1) is 39.1. The van der Waals surface area contributed by atoms with E-state index in [2.05, 4.69) is 57.1 Å². The fraction of sp³-hybridized carbons (Fsp3) is 0.605. The van der Waals surface area contributed by atoms with Crippen LogP contribution in [0.2, 0.25) is 0 Å². The molecule has 0 bridgehead atoms. The van der Waals surface area contributed by atoms with E-state index in [4.69, 9.17) is 24.9 Å². The predicted octanol–water partition coefficient (Wildman–Crippen LogP) is 3.30. The van der Waals surface area contributed by atoms with Crippen molar-refractivity contribution < 1.29 is 28.6 Å². The number of pyridine rings is 1. The van der Waals surface area contributed by atoms with E-state index in [1.165, 1.54) is 17.8 Å². The van der Waals surface area contributed by atoms with E-state index in [1.807, 2.05) is 13.8 Å². The number of ether oxygens (including phenoxy) is 3. The van der Waals surface area contributed by atoms with Gasteiger partial charge in [-0.15, -0.1) is 0 Å². The highest BCUT2D eigenvalue weighted by Crippen LogP contribution is 2.30. The highest BCUT2D eigenvalue weighted by Gasteiger charge is 2.25. The van der Waals surface area contributed by atoms with Gasteiger partial charge < -0.3 is 35.1 Å². The molecular formula is C38H56N8O6. The zero-order chi connectivity index (χ0) is 37.1. The largest absolute Gasteiger partial charge is 0.382 e. The number of imide groups is 1. The topological polar surface area (TPSA) is 168 Å². The van der Waals surface area contributed by atoms with Crippen molar-refractivity contribution in [3.05, 3.63) is 36.2 Å². The van der Waals surface area contributed by atoms with Crippen LogP contribution in [0.3, 0.4) is 0 Å². The van der Waals surface area contributed by atoms with Gasteiger partial charge in [0, 0.05) is 75.3 Å². The Kier molecular flexibility index (Phi) is 14.0. The number of aryl methyl sites for hydroxylation is 1. The van der Waals surface area contributed by atoms with Crippen molar-refractivity contribution in [2.45, 2.75) is 53.4 Å². The number of aromatic amines is 1. The Balaban J connectivity index is 0.937. The molecule has 0 aliphatic carbocycles. The van der Waals surface area contributed by atoms with Crippen molar-refractivity contribution in [2.24, 2.45) is 11.3 Å². The van der Waals surface area contributed by atoms with Gasteiger partial charge in [-0.25, -0.2) is 9.97 Å². The Labute approximate surface area is 306 Å². The van der Waals surface area contributed by atoms with Gasteiger partial charge in [0.25, 0.3) is 11.8 Å². The van der Waals surface area contributed by atoms with Crippen LogP contribution in [0.4, 0.5) is 11.5 Å². The molecule has 1 atom stereocenters. The van der Waals surface area contributed by atoms with Crippen LogP contribution >= 0.6 is 0 Å². The summed E-state index contributed by atoms with van der Waals surface area (Å²) in [6.07, 6.45) is 5.97. The van der Waals surface area contributed by atoms with Crippen LogP contribution in [0.25, 0.3) is 21.9 Å². The summed E-state index contributed by atoms with van der Waals surface area (Å²) in [6.45, 7) is 16.4. The van der Waals surface area contributed by atoms with Crippen LogP contribution in [-0.2, 0) is 35.0 Å². The highest BCUT2D eigenvalue weighted by molar-refractivity contribution is 6.12. The van der Waals surface area contributed by atoms with Gasteiger partial charge in [0.05, 0.1) is 57.2 Å². The fourth-order valence-electron chi connectivity index (χ4n) is 6.62. The first-order valence-corrected chi connectivity index (χ1v) is 18.6. The quantitative estimate of drug-likeness (QED) is 0.109. The first-order chi connectivity index (χ1) is 25.0. The molecule has 3 amide bonds. The molecule has 1 unspecified atom stereocenters. The molecule has 284 valence electrons. The second-order valence-electron chi connectivity index (χ2n) is 14.7. The molecule has 0 radical (unpaired) electrons. The number of nitrogens with one attached hydrogen (secondary N) is 2. The number of carbonyl (C=O) groups excluding carboxylic acids is 3. The fourth-order valence-corrected chi connectivity index (χ4v) is 6.62. The molecule has 2 aromatic heterocycles. The average molecular weight is 721 g/mol. The number of carbonyl (C=O) groups is 3. The number of aromatic nitrogens is 3. The highest BCUT2D eigenvalue weighted by atomic mass is 16.5. The van der Waals surface area contributed by atoms with E-state index < -0.39 is 0 Å². The van der Waals surface area contributed by atoms with Gasteiger partial charge in [0.15, 0.2) is 5.82 Å². The maximum atomic E-state index is 12.5. The molecule has 52 heavy (non-hydrogen) atoms. The van der Waals surface area contributed by atoms with E-state index >= 15 is 0 Å². The lowest BCUT2D eigenvalue weighted by Gasteiger charge is -2.37. The number of rotatable bonds is 21. The van der Waals surface area contributed by atoms with Crippen molar-refractivity contribution in [1.29, 1.82) is 0 Å². The van der Waals surface area contributed by atoms with E-state index in [9.17, 15) is 14.4 Å². The number of nitrogens with zero attached hydrogens (tertiary/aromatic N) is 5. The average Bonchev–Trinajstić information content (AvgIpc) is 3.69. The zero-order valence-electron chi connectivity index (χ0n) is 31.2. The molecule has 1 aromatic carbocycles. The number of piperazine rings is 1. The molecule has 2 aliphatic heterocycles. The Morgan fingerprint density at radius 1 is 1.02 bits per heavy atom. The second kappa shape index (κ2) is 18.6. The number of hydrogen-bond donors (Lipinski definition) is 3. The summed E-state index contributed by atoms with van der Waals surface area (Å²) in [6, 6.07) is 6.42. The molecule has 4 heterocycles. The molecule has 2 aliphatic rings. The molecule has 5 rings (SSSR count). The molecule has 1 saturated heterocycles. The summed E-state index contributed by atoms with van der Waals surface area (Å²) in [5, 5.41) is 3.97. The van der Waals surface area contributed by atoms with Crippen LogP contribution in [0.1, 0.15) is 52.8 Å². The van der Waals surface area contributed by atoms with Gasteiger partial charge >= 0.3 is 0 Å². The third-order valence-corrected chi connectivity index (χ3v) is 9.39. The molecular weight excluding hydrogens is 664 g/mol. The van der Waals surface area contributed by atoms with Gasteiger partial charge in [0.2, 0.25) is 5.91 Å². The molecule has 0 saturated carbocycles. The number of hydrogen-bond acceptors (Lipinski definition) is 11. The lowest BCUT2D eigenvalue weighted by atomic mass is 9.90. The molecule has 14 nitrogen and oxygen atoms in total. The van der Waals surface area contributed by atoms with Gasteiger partial charge in [0.1, 0.15) is 11.3 Å². The maximum absolute atomic E-state index is 12.5. The van der Waals surface area contributed by atoms with Crippen LogP contribution in [0.15, 0.2) is 30.4 Å². The lowest BCUT2D eigenvalue weighted by molar-refractivity contribution is -0.137. The summed E-state index contributed by atoms with van der Waals surface area (Å²) in [7, 11) is 0. The number of nitrogen functional groups attached to an aromatic ring is 1. The van der Waals surface area contributed by atoms with Crippen LogP contribution in [0, 0.1) is 11.3 Å². The lowest BCUT2D eigenvalue weighted by Crippen LogP contribution is -2.48. The maximum Gasteiger partial charge on any atom is 0.253 e. The Hall–Kier alpha value is -4.11. The van der Waals surface area contributed by atoms with Gasteiger partial charge in [-0.2, -0.15) is 0 Å². The van der Waals surface area contributed by atoms with E-state index in [1.54, 1.807) is 0 Å². The predicted molar refractivity (Wildman–Crippen MR) is 202 cm³/mol. The zero-order valence-corrected chi connectivity index (χ0v) is 31.2. The number of H-pyrrole nitrogens is 1. The summed E-state index contributed by atoms with van der Waals surface area (Å²) in [5.74, 6) is 1.13. The second-order valence-corrected chi connectivity index (χ2v) is 14.7. The van der Waals surface area contributed by atoms with E-state index in [0.29, 0.717) is 57.7 Å². The van der Waals surface area contributed by atoms with Gasteiger partial charge in [-0.05, 0) is 36.0 Å². The van der Waals surface area contributed by atoms with Gasteiger partial charge in [-0.1, -0.05) is 34.1 Å². The van der Waals surface area contributed by atoms with Crippen molar-refractivity contribution in [3.63, 3.8) is 0 Å². The minimum absolute atomic E-state index is 0.0366. The molecule has 0 spiro atoms. The molecule has 3 aromatic rings. The Morgan fingerprint density at radius 2 is 1.75 bits per heavy atom. The summed E-state index contributed by atoms with van der Waals surface area (Å²) < 4.78 is 17.1. The summed E-state index contributed by atoms with van der Waals surface area (Å²) in [5.41, 5.74) is 9.77.